The van der Waals surface area contributed by atoms with Gasteiger partial charge in [0, 0.05) is 12.4 Å². The van der Waals surface area contributed by atoms with Gasteiger partial charge in [0.25, 0.3) is 0 Å². The molecule has 0 saturated heterocycles. The first-order valence-electron chi connectivity index (χ1n) is 2.17. The van der Waals surface area contributed by atoms with Crippen LogP contribution >= 0.6 is 15.9 Å². The van der Waals surface area contributed by atoms with E-state index in [1.54, 1.807) is 12.4 Å². The molecular formula is C4H4BrN3O. The predicted molar refractivity (Wildman–Crippen MR) is 34.5 cm³/mol. The smallest absolute Gasteiger partial charge is 0.335 e. The first kappa shape index (κ1) is 6.44. The minimum absolute atomic E-state index is 0.165. The summed E-state index contributed by atoms with van der Waals surface area (Å²) in [7, 11) is 0. The molecule has 0 aliphatic rings. The van der Waals surface area contributed by atoms with Crippen molar-refractivity contribution in [3.63, 3.8) is 0 Å². The summed E-state index contributed by atoms with van der Waals surface area (Å²) in [6.45, 7) is 0. The van der Waals surface area contributed by atoms with Gasteiger partial charge in [-0.2, -0.15) is 5.90 Å². The molecule has 1 aromatic heterocycles. The lowest BCUT2D eigenvalue weighted by atomic mass is 10.7. The molecule has 0 amide bonds. The molecule has 1 rings (SSSR count). The zero-order valence-electron chi connectivity index (χ0n) is 4.41. The van der Waals surface area contributed by atoms with E-state index in [1.165, 1.54) is 0 Å². The summed E-state index contributed by atoms with van der Waals surface area (Å²) in [5, 5.41) is 0. The Morgan fingerprint density at radius 3 is 2.44 bits per heavy atom. The van der Waals surface area contributed by atoms with Crippen molar-refractivity contribution in [2.24, 2.45) is 5.90 Å². The second-order valence-corrected chi connectivity index (χ2v) is 2.22. The molecule has 1 aromatic rings. The summed E-state index contributed by atoms with van der Waals surface area (Å²) in [4.78, 5) is 11.6. The average Bonchev–Trinajstić information content (AvgIpc) is 1.90. The normalized spacial score (nSPS) is 9.11. The summed E-state index contributed by atoms with van der Waals surface area (Å²) in [6, 6.07) is 0.165. The highest BCUT2D eigenvalue weighted by atomic mass is 79.9. The van der Waals surface area contributed by atoms with Gasteiger partial charge >= 0.3 is 6.01 Å². The molecule has 0 atom stereocenters. The van der Waals surface area contributed by atoms with E-state index in [9.17, 15) is 0 Å². The molecule has 4 nitrogen and oxygen atoms in total. The lowest BCUT2D eigenvalue weighted by Crippen LogP contribution is -2.04. The Morgan fingerprint density at radius 1 is 1.44 bits per heavy atom. The molecule has 0 aliphatic carbocycles. The van der Waals surface area contributed by atoms with Gasteiger partial charge in [0.1, 0.15) is 0 Å². The van der Waals surface area contributed by atoms with Crippen LogP contribution in [0.5, 0.6) is 6.01 Å². The van der Waals surface area contributed by atoms with Crippen LogP contribution < -0.4 is 10.7 Å². The van der Waals surface area contributed by atoms with E-state index >= 15 is 0 Å². The summed E-state index contributed by atoms with van der Waals surface area (Å²) >= 11 is 3.15. The highest BCUT2D eigenvalue weighted by molar-refractivity contribution is 9.10. The third-order valence-corrected chi connectivity index (χ3v) is 1.11. The van der Waals surface area contributed by atoms with E-state index in [1.807, 2.05) is 0 Å². The van der Waals surface area contributed by atoms with Crippen LogP contribution in [0.3, 0.4) is 0 Å². The molecule has 9 heavy (non-hydrogen) atoms. The van der Waals surface area contributed by atoms with Crippen molar-refractivity contribution in [2.45, 2.75) is 0 Å². The predicted octanol–water partition coefficient (Wildman–Crippen LogP) is 0.492. The number of halogens is 1. The van der Waals surface area contributed by atoms with E-state index in [4.69, 9.17) is 5.90 Å². The second kappa shape index (κ2) is 2.75. The monoisotopic (exact) mass is 189 g/mol. The molecule has 2 N–H and O–H groups in total. The van der Waals surface area contributed by atoms with E-state index in [-0.39, 0.29) is 6.01 Å². The lowest BCUT2D eigenvalue weighted by Gasteiger charge is -1.92. The van der Waals surface area contributed by atoms with E-state index in [0.717, 1.165) is 4.47 Å². The van der Waals surface area contributed by atoms with Gasteiger partial charge in [-0.1, -0.05) is 0 Å². The molecule has 1 heterocycles. The van der Waals surface area contributed by atoms with Crippen LogP contribution in [0.1, 0.15) is 0 Å². The number of hydrogen-bond acceptors (Lipinski definition) is 4. The van der Waals surface area contributed by atoms with Gasteiger partial charge in [-0.25, -0.2) is 9.97 Å². The Balaban J connectivity index is 2.88. The van der Waals surface area contributed by atoms with E-state index < -0.39 is 0 Å². The molecular weight excluding hydrogens is 186 g/mol. The topological polar surface area (TPSA) is 61.0 Å². The fourth-order valence-electron chi connectivity index (χ4n) is 0.361. The number of nitrogens with two attached hydrogens (primary N) is 1. The van der Waals surface area contributed by atoms with E-state index in [2.05, 4.69) is 30.7 Å². The maximum Gasteiger partial charge on any atom is 0.335 e. The number of aromatic nitrogens is 2. The van der Waals surface area contributed by atoms with Crippen LogP contribution in [0.25, 0.3) is 0 Å². The van der Waals surface area contributed by atoms with Crippen molar-refractivity contribution in [1.82, 2.24) is 9.97 Å². The van der Waals surface area contributed by atoms with Gasteiger partial charge in [-0.05, 0) is 15.9 Å². The fourth-order valence-corrected chi connectivity index (χ4v) is 0.566. The van der Waals surface area contributed by atoms with Crippen molar-refractivity contribution >= 4 is 15.9 Å². The molecule has 0 bridgehead atoms. The van der Waals surface area contributed by atoms with Gasteiger partial charge in [-0.15, -0.1) is 0 Å². The molecule has 0 aliphatic heterocycles. The van der Waals surface area contributed by atoms with Crippen LogP contribution in [0.15, 0.2) is 16.9 Å². The van der Waals surface area contributed by atoms with Crippen LogP contribution in [0.4, 0.5) is 0 Å². The van der Waals surface area contributed by atoms with Gasteiger partial charge in [0.15, 0.2) is 0 Å². The van der Waals surface area contributed by atoms with Crippen molar-refractivity contribution in [1.29, 1.82) is 0 Å². The van der Waals surface area contributed by atoms with Gasteiger partial charge in [-0.3, -0.25) is 0 Å². The summed E-state index contributed by atoms with van der Waals surface area (Å²) in [5.74, 6) is 4.76. The third-order valence-electron chi connectivity index (χ3n) is 0.702. The molecule has 0 saturated carbocycles. The highest BCUT2D eigenvalue weighted by Gasteiger charge is 1.91. The molecule has 5 heteroatoms. The maximum absolute atomic E-state index is 4.76. The van der Waals surface area contributed by atoms with Crippen LogP contribution in [-0.2, 0) is 0 Å². The average molecular weight is 190 g/mol. The number of hydrogen-bond donors (Lipinski definition) is 1. The Bertz CT molecular complexity index is 188. The first-order chi connectivity index (χ1) is 4.33. The quantitative estimate of drug-likeness (QED) is 0.654. The van der Waals surface area contributed by atoms with E-state index in [0.29, 0.717) is 0 Å². The second-order valence-electron chi connectivity index (χ2n) is 1.30. The van der Waals surface area contributed by atoms with Crippen molar-refractivity contribution < 1.29 is 4.84 Å². The van der Waals surface area contributed by atoms with Gasteiger partial charge in [0.05, 0.1) is 4.47 Å². The minimum Gasteiger partial charge on any atom is -0.371 e. The van der Waals surface area contributed by atoms with Crippen LogP contribution in [-0.4, -0.2) is 9.97 Å². The van der Waals surface area contributed by atoms with Crippen LogP contribution in [0.2, 0.25) is 0 Å². The van der Waals surface area contributed by atoms with Gasteiger partial charge in [0.2, 0.25) is 0 Å². The Kier molecular flexibility index (Phi) is 1.96. The number of nitrogens with zero attached hydrogens (tertiary/aromatic N) is 2. The maximum atomic E-state index is 4.76. The Labute approximate surface area is 60.1 Å². The number of rotatable bonds is 1. The Morgan fingerprint density at radius 2 is 2.00 bits per heavy atom. The van der Waals surface area contributed by atoms with Crippen LogP contribution in [0, 0.1) is 0 Å². The zero-order chi connectivity index (χ0) is 6.69. The molecule has 48 valence electrons. The van der Waals surface area contributed by atoms with Gasteiger partial charge < -0.3 is 4.84 Å². The largest absolute Gasteiger partial charge is 0.371 e. The fraction of sp³-hybridized carbons (Fsp3) is 0. The molecule has 0 spiro atoms. The summed E-state index contributed by atoms with van der Waals surface area (Å²) in [6.07, 6.45) is 3.10. The molecule has 0 aromatic carbocycles. The standard InChI is InChI=1S/C4H4BrN3O/c5-3-1-7-4(9-6)8-2-3/h1-2H,6H2. The molecule has 0 unspecified atom stereocenters. The Hall–Kier alpha value is -0.680. The van der Waals surface area contributed by atoms with Crippen molar-refractivity contribution in [3.05, 3.63) is 16.9 Å². The lowest BCUT2D eigenvalue weighted by molar-refractivity contribution is 0.306. The van der Waals surface area contributed by atoms with Crippen molar-refractivity contribution in [2.75, 3.05) is 0 Å². The molecule has 0 radical (unpaired) electrons. The van der Waals surface area contributed by atoms with Crippen molar-refractivity contribution in [3.8, 4) is 6.01 Å². The summed E-state index contributed by atoms with van der Waals surface area (Å²) in [5.41, 5.74) is 0. The third kappa shape index (κ3) is 1.62. The zero-order valence-corrected chi connectivity index (χ0v) is 6.00. The first-order valence-corrected chi connectivity index (χ1v) is 2.96. The SMILES string of the molecule is NOc1ncc(Br)cn1. The minimum atomic E-state index is 0.165. The molecule has 0 fully saturated rings. The highest BCUT2D eigenvalue weighted by Crippen LogP contribution is 2.06. The summed E-state index contributed by atoms with van der Waals surface area (Å²) < 4.78 is 0.795.